The summed E-state index contributed by atoms with van der Waals surface area (Å²) < 4.78 is 12.4. The zero-order valence-electron chi connectivity index (χ0n) is 19.2. The number of fused-ring (bicyclic) bond motifs is 1. The number of hydrogen-bond donors (Lipinski definition) is 0. The minimum atomic E-state index is -0.105. The molecule has 9 nitrogen and oxygen atoms in total. The van der Waals surface area contributed by atoms with Crippen LogP contribution < -0.4 is 10.3 Å². The van der Waals surface area contributed by atoms with E-state index in [-0.39, 0.29) is 24.7 Å². The molecule has 2 heterocycles. The molecule has 1 amide bonds. The average molecular weight is 465 g/mol. The van der Waals surface area contributed by atoms with Crippen molar-refractivity contribution in [3.8, 4) is 5.75 Å². The lowest BCUT2D eigenvalue weighted by atomic mass is 10.1. The Morgan fingerprint density at radius 3 is 2.71 bits per heavy atom. The van der Waals surface area contributed by atoms with Crippen LogP contribution in [0.15, 0.2) is 58.5 Å². The van der Waals surface area contributed by atoms with E-state index in [1.54, 1.807) is 24.2 Å². The summed E-state index contributed by atoms with van der Waals surface area (Å²) in [6.45, 7) is 2.53. The molecule has 1 aliphatic heterocycles. The number of aromatic nitrogens is 2. The Morgan fingerprint density at radius 2 is 1.91 bits per heavy atom. The van der Waals surface area contributed by atoms with Gasteiger partial charge in [-0.25, -0.2) is 4.98 Å². The number of morpholine rings is 1. The first-order valence-electron chi connectivity index (χ1n) is 11.3. The number of ether oxygens (including phenoxy) is 2. The summed E-state index contributed by atoms with van der Waals surface area (Å²) in [6.07, 6.45) is 3.18. The van der Waals surface area contributed by atoms with Crippen molar-refractivity contribution in [2.24, 2.45) is 12.2 Å². The van der Waals surface area contributed by atoms with Gasteiger partial charge in [-0.15, -0.1) is 0 Å². The number of amides is 1. The van der Waals surface area contributed by atoms with Crippen LogP contribution in [0.3, 0.4) is 0 Å². The monoisotopic (exact) mass is 464 g/mol. The van der Waals surface area contributed by atoms with Crippen molar-refractivity contribution in [1.82, 2.24) is 14.5 Å². The van der Waals surface area contributed by atoms with Crippen molar-refractivity contribution in [2.45, 2.75) is 19.4 Å². The minimum Gasteiger partial charge on any atom is -0.484 e. The maximum absolute atomic E-state index is 12.4. The summed E-state index contributed by atoms with van der Waals surface area (Å²) in [5, 5.41) is 4.57. The van der Waals surface area contributed by atoms with E-state index in [1.807, 2.05) is 42.5 Å². The van der Waals surface area contributed by atoms with Crippen molar-refractivity contribution in [3.05, 3.63) is 70.3 Å². The topological polar surface area (TPSA) is 95.2 Å². The van der Waals surface area contributed by atoms with E-state index < -0.39 is 0 Å². The van der Waals surface area contributed by atoms with Gasteiger partial charge in [-0.2, -0.15) is 0 Å². The van der Waals surface area contributed by atoms with Gasteiger partial charge in [-0.3, -0.25) is 14.2 Å². The second-order valence-corrected chi connectivity index (χ2v) is 7.94. The quantitative estimate of drug-likeness (QED) is 0.356. The van der Waals surface area contributed by atoms with E-state index in [0.717, 1.165) is 12.0 Å². The number of nitrogens with zero attached hydrogens (tertiary/aromatic N) is 4. The molecule has 1 fully saturated rings. The van der Waals surface area contributed by atoms with Crippen LogP contribution in [0.2, 0.25) is 0 Å². The summed E-state index contributed by atoms with van der Waals surface area (Å²) >= 11 is 0. The van der Waals surface area contributed by atoms with Crippen LogP contribution in [0.5, 0.6) is 5.75 Å². The molecular weight excluding hydrogens is 436 g/mol. The van der Waals surface area contributed by atoms with Gasteiger partial charge in [-0.1, -0.05) is 29.4 Å². The molecular formula is C25H28N4O5. The van der Waals surface area contributed by atoms with Crippen LogP contribution in [-0.4, -0.2) is 59.5 Å². The average Bonchev–Trinajstić information content (AvgIpc) is 2.88. The highest BCUT2D eigenvalue weighted by Gasteiger charge is 2.17. The zero-order valence-corrected chi connectivity index (χ0v) is 19.2. The largest absolute Gasteiger partial charge is 0.484 e. The third kappa shape index (κ3) is 5.99. The molecule has 0 bridgehead atoms. The Bertz CT molecular complexity index is 1200. The molecule has 0 atom stereocenters. The van der Waals surface area contributed by atoms with Crippen LogP contribution in [-0.2, 0) is 34.4 Å². The van der Waals surface area contributed by atoms with Gasteiger partial charge in [0.05, 0.1) is 24.1 Å². The van der Waals surface area contributed by atoms with Crippen LogP contribution in [0, 0.1) is 0 Å². The van der Waals surface area contributed by atoms with Crippen molar-refractivity contribution >= 4 is 23.0 Å². The summed E-state index contributed by atoms with van der Waals surface area (Å²) in [7, 11) is 1.68. The second-order valence-electron chi connectivity index (χ2n) is 7.94. The molecule has 0 spiro atoms. The molecule has 2 aromatic carbocycles. The fourth-order valence-electron chi connectivity index (χ4n) is 3.63. The maximum atomic E-state index is 12.4. The summed E-state index contributed by atoms with van der Waals surface area (Å²) in [6, 6.07) is 14.9. The molecule has 9 heteroatoms. The molecule has 0 aliphatic carbocycles. The summed E-state index contributed by atoms with van der Waals surface area (Å²) in [4.78, 5) is 36.1. The highest BCUT2D eigenvalue weighted by Crippen LogP contribution is 2.14. The molecule has 4 rings (SSSR count). The molecule has 0 N–H and O–H groups in total. The van der Waals surface area contributed by atoms with Gasteiger partial charge in [0, 0.05) is 26.4 Å². The molecule has 1 saturated heterocycles. The number of carbonyl (C=O) groups is 1. The highest BCUT2D eigenvalue weighted by molar-refractivity contribution is 5.78. The summed E-state index contributed by atoms with van der Waals surface area (Å²) in [5.41, 5.74) is 1.66. The number of aryl methyl sites for hydroxylation is 1. The van der Waals surface area contributed by atoms with Gasteiger partial charge in [0.25, 0.3) is 11.5 Å². The van der Waals surface area contributed by atoms with E-state index in [0.29, 0.717) is 55.2 Å². The third-order valence-corrected chi connectivity index (χ3v) is 5.63. The molecule has 34 heavy (non-hydrogen) atoms. The first kappa shape index (κ1) is 23.4. The Hall–Kier alpha value is -3.72. The van der Waals surface area contributed by atoms with Gasteiger partial charge < -0.3 is 19.2 Å². The van der Waals surface area contributed by atoms with Gasteiger partial charge in [0.1, 0.15) is 5.75 Å². The number of carbonyl (C=O) groups excluding carboxylic acids is 1. The van der Waals surface area contributed by atoms with Crippen LogP contribution in [0.4, 0.5) is 0 Å². The molecule has 0 unspecified atom stereocenters. The number of oxime groups is 1. The number of benzene rings is 2. The van der Waals surface area contributed by atoms with Crippen molar-refractivity contribution in [1.29, 1.82) is 0 Å². The normalized spacial score (nSPS) is 14.0. The number of para-hydroxylation sites is 1. The number of rotatable bonds is 9. The fourth-order valence-corrected chi connectivity index (χ4v) is 3.63. The van der Waals surface area contributed by atoms with Crippen LogP contribution >= 0.6 is 0 Å². The fraction of sp³-hybridized carbons (Fsp3) is 0.360. The van der Waals surface area contributed by atoms with Crippen molar-refractivity contribution < 1.29 is 19.1 Å². The van der Waals surface area contributed by atoms with Gasteiger partial charge >= 0.3 is 0 Å². The molecule has 3 aromatic rings. The number of hydrogen-bond acceptors (Lipinski definition) is 7. The third-order valence-electron chi connectivity index (χ3n) is 5.63. The maximum Gasteiger partial charge on any atom is 0.261 e. The Kier molecular flexibility index (Phi) is 7.87. The zero-order chi connectivity index (χ0) is 23.8. The summed E-state index contributed by atoms with van der Waals surface area (Å²) in [5.74, 6) is 1.15. The Morgan fingerprint density at radius 1 is 1.15 bits per heavy atom. The Balaban J connectivity index is 1.19. The minimum absolute atomic E-state index is 0.0254. The molecule has 0 saturated carbocycles. The van der Waals surface area contributed by atoms with Crippen molar-refractivity contribution in [3.63, 3.8) is 0 Å². The van der Waals surface area contributed by atoms with E-state index in [2.05, 4.69) is 10.1 Å². The first-order chi connectivity index (χ1) is 16.6. The Labute approximate surface area is 197 Å². The van der Waals surface area contributed by atoms with E-state index in [4.69, 9.17) is 14.3 Å². The smallest absolute Gasteiger partial charge is 0.261 e. The molecule has 0 radical (unpaired) electrons. The predicted molar refractivity (Wildman–Crippen MR) is 128 cm³/mol. The van der Waals surface area contributed by atoms with Gasteiger partial charge in [0.2, 0.25) is 0 Å². The van der Waals surface area contributed by atoms with E-state index in [1.165, 1.54) is 4.57 Å². The second kappa shape index (κ2) is 11.4. The van der Waals surface area contributed by atoms with Crippen LogP contribution in [0.25, 0.3) is 10.9 Å². The van der Waals surface area contributed by atoms with E-state index in [9.17, 15) is 9.59 Å². The van der Waals surface area contributed by atoms with Gasteiger partial charge in [0.15, 0.2) is 19.0 Å². The lowest BCUT2D eigenvalue weighted by Gasteiger charge is -2.26. The molecule has 1 aromatic heterocycles. The van der Waals surface area contributed by atoms with Crippen LogP contribution in [0.1, 0.15) is 17.8 Å². The highest BCUT2D eigenvalue weighted by atomic mass is 16.6. The standard InChI is InChI=1S/C25H28N4O5/c1-28-23(27-22-7-3-2-6-21(22)25(28)31)17-34-26-12-4-5-19-8-10-20(11-9-19)33-18-24(30)29-13-15-32-16-14-29/h2-3,6-12H,4-5,13-18H2,1H3. The van der Waals surface area contributed by atoms with E-state index >= 15 is 0 Å². The SMILES string of the molecule is Cn1c(CON=CCCc2ccc(OCC(=O)N3CCOCC3)cc2)nc2ccccc2c1=O. The lowest BCUT2D eigenvalue weighted by Crippen LogP contribution is -2.42. The first-order valence-corrected chi connectivity index (χ1v) is 11.3. The molecule has 178 valence electrons. The van der Waals surface area contributed by atoms with Crippen molar-refractivity contribution in [2.75, 3.05) is 32.9 Å². The van der Waals surface area contributed by atoms with Gasteiger partial charge in [-0.05, 0) is 42.7 Å². The lowest BCUT2D eigenvalue weighted by molar-refractivity contribution is -0.137. The predicted octanol–water partition coefficient (Wildman–Crippen LogP) is 2.31. The molecule has 1 aliphatic rings.